The molecule has 0 radical (unpaired) electrons. The van der Waals surface area contributed by atoms with Gasteiger partial charge < -0.3 is 61.2 Å². The highest BCUT2D eigenvalue weighted by molar-refractivity contribution is 6.25. The van der Waals surface area contributed by atoms with Gasteiger partial charge in [-0.1, -0.05) is 12.2 Å². The van der Waals surface area contributed by atoms with E-state index in [4.69, 9.17) is 5.11 Å². The number of hydrogen-bond acceptors (Lipinski definition) is 16. The summed E-state index contributed by atoms with van der Waals surface area (Å²) in [5.74, 6) is -12.3. The van der Waals surface area contributed by atoms with Gasteiger partial charge in [0.2, 0.25) is 5.78 Å². The quantitative estimate of drug-likeness (QED) is 0.0614. The molecule has 47 heavy (non-hydrogen) atoms. The van der Waals surface area contributed by atoms with Gasteiger partial charge in [-0.3, -0.25) is 24.2 Å². The molecular weight excluding hydrogens is 626 g/mol. The van der Waals surface area contributed by atoms with Crippen molar-refractivity contribution < 1.29 is 70.2 Å². The van der Waals surface area contributed by atoms with E-state index in [1.54, 1.807) is 0 Å². The minimum Gasteiger partial charge on any atom is -0.512 e. The van der Waals surface area contributed by atoms with Crippen molar-refractivity contribution in [3.05, 3.63) is 58.0 Å². The molecule has 0 aromatic heterocycles. The first-order chi connectivity index (χ1) is 21.8. The number of nitrogens with zero attached hydrogens (tertiary/aromatic N) is 2. The summed E-state index contributed by atoms with van der Waals surface area (Å²) in [5.41, 5.74) is -7.90. The minimum absolute atomic E-state index is 0.177. The van der Waals surface area contributed by atoms with Crippen LogP contribution in [0.15, 0.2) is 58.0 Å². The lowest BCUT2D eigenvalue weighted by Gasteiger charge is -2.52. The Bertz CT molecular complexity index is 1530. The van der Waals surface area contributed by atoms with Gasteiger partial charge in [-0.05, 0) is 34.1 Å². The van der Waals surface area contributed by atoms with Gasteiger partial charge in [0.25, 0.3) is 5.91 Å². The van der Waals surface area contributed by atoms with Crippen molar-refractivity contribution in [1.29, 1.82) is 0 Å². The van der Waals surface area contributed by atoms with E-state index in [1.807, 2.05) is 0 Å². The second-order valence-electron chi connectivity index (χ2n) is 12.5. The Morgan fingerprint density at radius 3 is 2.21 bits per heavy atom. The van der Waals surface area contributed by atoms with Crippen LogP contribution in [-0.2, 0) is 19.2 Å². The van der Waals surface area contributed by atoms with Gasteiger partial charge in [0, 0.05) is 11.5 Å². The Balaban J connectivity index is 1.77. The number of carbonyl (C=O) groups is 4. The molecule has 10 atom stereocenters. The van der Waals surface area contributed by atoms with Crippen LogP contribution < -0.4 is 5.32 Å². The van der Waals surface area contributed by atoms with Crippen LogP contribution in [0.1, 0.15) is 6.92 Å². The summed E-state index contributed by atoms with van der Waals surface area (Å²) in [6.07, 6.45) is -1.58. The number of aliphatic hydroxyl groups is 10. The third-order valence-electron chi connectivity index (χ3n) is 9.42. The molecule has 4 aliphatic rings. The predicted octanol–water partition coefficient (Wildman–Crippen LogP) is -3.48. The second kappa shape index (κ2) is 12.6. The van der Waals surface area contributed by atoms with Crippen LogP contribution in [0.4, 0.5) is 0 Å². The summed E-state index contributed by atoms with van der Waals surface area (Å²) in [4.78, 5) is 55.0. The molecule has 17 heteroatoms. The summed E-state index contributed by atoms with van der Waals surface area (Å²) < 4.78 is 0. The highest BCUT2D eigenvalue weighted by atomic mass is 16.4. The number of aliphatic hydroxyl groups excluding tert-OH is 8. The molecule has 11 N–H and O–H groups in total. The third-order valence-corrected chi connectivity index (χ3v) is 9.42. The maximum absolute atomic E-state index is 14.0. The Morgan fingerprint density at radius 1 is 1.04 bits per heavy atom. The van der Waals surface area contributed by atoms with Gasteiger partial charge in [-0.25, -0.2) is 0 Å². The van der Waals surface area contributed by atoms with Gasteiger partial charge in [-0.2, -0.15) is 0 Å². The van der Waals surface area contributed by atoms with Crippen LogP contribution in [0.5, 0.6) is 0 Å². The largest absolute Gasteiger partial charge is 0.512 e. The molecule has 0 saturated heterocycles. The Hall–Kier alpha value is -3.94. The molecular formula is C30H39N3O14. The van der Waals surface area contributed by atoms with Crippen molar-refractivity contribution in [2.24, 2.45) is 17.8 Å². The zero-order chi connectivity index (χ0) is 35.5. The molecule has 0 heterocycles. The van der Waals surface area contributed by atoms with E-state index in [2.05, 4.69) is 5.32 Å². The molecule has 0 aliphatic heterocycles. The summed E-state index contributed by atoms with van der Waals surface area (Å²) in [6, 6.07) is -3.19. The van der Waals surface area contributed by atoms with E-state index in [-0.39, 0.29) is 6.29 Å². The molecule has 17 nitrogen and oxygen atoms in total. The average Bonchev–Trinajstić information content (AvgIpc) is 3.01. The maximum atomic E-state index is 14.0. The molecule has 4 aliphatic carbocycles. The number of allylic oxidation sites excluding steroid dienone is 3. The maximum Gasteiger partial charge on any atom is 0.259 e. The zero-order valence-electron chi connectivity index (χ0n) is 25.8. The van der Waals surface area contributed by atoms with Crippen molar-refractivity contribution in [2.75, 3.05) is 34.4 Å². The van der Waals surface area contributed by atoms with Crippen molar-refractivity contribution in [2.45, 2.75) is 48.5 Å². The molecule has 4 rings (SSSR count). The first-order valence-electron chi connectivity index (χ1n) is 14.5. The number of Topliss-reactive ketones (excluding diaryl/α,β-unsaturated/α-hetero) is 2. The minimum atomic E-state index is -3.25. The number of fused-ring (bicyclic) bond motifs is 3. The fourth-order valence-electron chi connectivity index (χ4n) is 6.87. The van der Waals surface area contributed by atoms with Crippen LogP contribution in [0.2, 0.25) is 0 Å². The van der Waals surface area contributed by atoms with E-state index in [1.165, 1.54) is 51.2 Å². The molecule has 258 valence electrons. The lowest BCUT2D eigenvalue weighted by molar-refractivity contribution is -0.148. The van der Waals surface area contributed by atoms with E-state index in [0.29, 0.717) is 0 Å². The normalized spacial score (nSPS) is 33.2. The summed E-state index contributed by atoms with van der Waals surface area (Å²) in [5, 5.41) is 110. The topological polar surface area (TPSA) is 289 Å². The van der Waals surface area contributed by atoms with Crippen molar-refractivity contribution in [3.8, 4) is 0 Å². The number of amides is 1. The third kappa shape index (κ3) is 5.28. The lowest BCUT2D eigenvalue weighted by atomic mass is 9.55. The standard InChI is InChI=1S/C30H39N3O14/c1-29(46)11-6-5-7-13(36)15(11)23(40)16-18(29)25(42)19-20(32(2)3)24(41)17(27(44)30(19,47)26(16)43)28(45)31-10-33(4)12(8-34)21(38)22(39)14(37)9-35/h5-8,11-12,14-15,19-22,35-39,41-43,46-47H,9-10H2,1-4H3,(H,31,45)/t11?,12?,14-,15?,19?,20?,21-,22-,29?,30?/m0/s1. The van der Waals surface area contributed by atoms with Crippen molar-refractivity contribution >= 4 is 23.8 Å². The van der Waals surface area contributed by atoms with Crippen molar-refractivity contribution in [1.82, 2.24) is 15.1 Å². The smallest absolute Gasteiger partial charge is 0.259 e. The molecule has 0 aromatic rings. The SMILES string of the molecule is CN(C)C1C(O)=C(C(=O)NCN(C)C(C=O)[C@H](O)[C@@H](O)[C@@H](O)CO)C(=O)C2(O)C(O)=C3C(=O)C4C(O)=CC=CC4C(C)(O)C3=C(O)C12. The number of carbonyl (C=O) groups excluding carboxylic acids is 4. The molecule has 1 saturated carbocycles. The Morgan fingerprint density at radius 2 is 1.66 bits per heavy atom. The molecule has 0 bridgehead atoms. The summed E-state index contributed by atoms with van der Waals surface area (Å²) in [7, 11) is 3.90. The highest BCUT2D eigenvalue weighted by Gasteiger charge is 2.67. The zero-order valence-corrected chi connectivity index (χ0v) is 25.8. The predicted molar refractivity (Wildman–Crippen MR) is 158 cm³/mol. The van der Waals surface area contributed by atoms with Crippen LogP contribution in [-0.4, -0.2) is 161 Å². The van der Waals surface area contributed by atoms with Gasteiger partial charge in [0.15, 0.2) is 11.4 Å². The van der Waals surface area contributed by atoms with Crippen LogP contribution in [0, 0.1) is 17.8 Å². The van der Waals surface area contributed by atoms with Gasteiger partial charge in [0.05, 0.1) is 48.4 Å². The number of rotatable bonds is 10. The van der Waals surface area contributed by atoms with Crippen LogP contribution >= 0.6 is 0 Å². The highest BCUT2D eigenvalue weighted by Crippen LogP contribution is 2.56. The van der Waals surface area contributed by atoms with Crippen molar-refractivity contribution in [3.63, 3.8) is 0 Å². The molecule has 0 aromatic carbocycles. The number of likely N-dealkylation sites (N-methyl/N-ethyl adjacent to an activating group) is 2. The second-order valence-corrected chi connectivity index (χ2v) is 12.5. The lowest BCUT2D eigenvalue weighted by Crippen LogP contribution is -2.65. The van der Waals surface area contributed by atoms with Crippen LogP contribution in [0.25, 0.3) is 0 Å². The Kier molecular flexibility index (Phi) is 9.62. The van der Waals surface area contributed by atoms with E-state index in [0.717, 1.165) is 4.90 Å². The van der Waals surface area contributed by atoms with Gasteiger partial charge in [0.1, 0.15) is 53.2 Å². The Labute approximate surface area is 268 Å². The first kappa shape index (κ1) is 35.9. The molecule has 1 amide bonds. The monoisotopic (exact) mass is 665 g/mol. The number of nitrogens with one attached hydrogen (secondary N) is 1. The van der Waals surface area contributed by atoms with E-state index in [9.17, 15) is 65.1 Å². The number of aldehydes is 1. The van der Waals surface area contributed by atoms with Crippen LogP contribution in [0.3, 0.4) is 0 Å². The number of ketones is 2. The van der Waals surface area contributed by atoms with E-state index >= 15 is 0 Å². The first-order valence-corrected chi connectivity index (χ1v) is 14.5. The fourth-order valence-corrected chi connectivity index (χ4v) is 6.87. The van der Waals surface area contributed by atoms with Gasteiger partial charge >= 0.3 is 0 Å². The average molecular weight is 666 g/mol. The summed E-state index contributed by atoms with van der Waals surface area (Å²) in [6.45, 7) is -0.381. The number of hydrogen-bond donors (Lipinski definition) is 11. The molecule has 1 fully saturated rings. The van der Waals surface area contributed by atoms with E-state index < -0.39 is 130 Å². The molecule has 7 unspecified atom stereocenters. The fraction of sp³-hybridized carbons (Fsp3) is 0.533. The summed E-state index contributed by atoms with van der Waals surface area (Å²) >= 11 is 0. The molecule has 0 spiro atoms. The van der Waals surface area contributed by atoms with Gasteiger partial charge in [-0.15, -0.1) is 0 Å².